The van der Waals surface area contributed by atoms with Gasteiger partial charge in [0.05, 0.1) is 19.1 Å². The molecule has 0 atom stereocenters. The van der Waals surface area contributed by atoms with Crippen molar-refractivity contribution in [3.63, 3.8) is 0 Å². The molecule has 0 saturated carbocycles. The smallest absolute Gasteiger partial charge is 0.0892 e. The Morgan fingerprint density at radius 3 is 1.31 bits per heavy atom. The van der Waals surface area contributed by atoms with Gasteiger partial charge in [-0.1, -0.05) is 41.5 Å². The van der Waals surface area contributed by atoms with Gasteiger partial charge >= 0.3 is 0 Å². The lowest BCUT2D eigenvalue weighted by atomic mass is 9.97. The van der Waals surface area contributed by atoms with E-state index in [4.69, 9.17) is 0 Å². The molecule has 0 aliphatic carbocycles. The molecule has 2 nitrogen and oxygen atoms in total. The quantitative estimate of drug-likeness (QED) is 0.586. The largest absolute Gasteiger partial charge is 0.225 e. The molecular formula is C11H22N2. The SMILES string of the molecule is CC(C)(C)CN=C=NCC(C)(C)C. The predicted octanol–water partition coefficient (Wildman–Crippen LogP) is 3.25. The maximum absolute atomic E-state index is 4.13. The van der Waals surface area contributed by atoms with E-state index in [0.717, 1.165) is 13.1 Å². The number of aliphatic imine (C=N–C) groups is 2. The summed E-state index contributed by atoms with van der Waals surface area (Å²) in [6, 6.07) is 2.75. The van der Waals surface area contributed by atoms with E-state index in [1.54, 1.807) is 0 Å². The van der Waals surface area contributed by atoms with E-state index in [0.29, 0.717) is 0 Å². The summed E-state index contributed by atoms with van der Waals surface area (Å²) in [4.78, 5) is 8.26. The van der Waals surface area contributed by atoms with Crippen molar-refractivity contribution in [3.8, 4) is 0 Å². The number of hydrogen-bond acceptors (Lipinski definition) is 2. The van der Waals surface area contributed by atoms with Gasteiger partial charge in [0.25, 0.3) is 0 Å². The Bertz CT molecular complexity index is 177. The minimum absolute atomic E-state index is 0.240. The lowest BCUT2D eigenvalue weighted by molar-refractivity contribution is 0.426. The first-order valence-corrected chi connectivity index (χ1v) is 4.79. The molecule has 0 aromatic heterocycles. The van der Waals surface area contributed by atoms with E-state index in [-0.39, 0.29) is 10.8 Å². The minimum atomic E-state index is 0.240. The highest BCUT2D eigenvalue weighted by atomic mass is 14.8. The fourth-order valence-corrected chi connectivity index (χ4v) is 0.595. The van der Waals surface area contributed by atoms with Gasteiger partial charge < -0.3 is 0 Å². The summed E-state index contributed by atoms with van der Waals surface area (Å²) in [5, 5.41) is 0. The zero-order chi connectivity index (χ0) is 10.5. The zero-order valence-electron chi connectivity index (χ0n) is 9.81. The van der Waals surface area contributed by atoms with Crippen LogP contribution in [-0.2, 0) is 0 Å². The monoisotopic (exact) mass is 182 g/mol. The summed E-state index contributed by atoms with van der Waals surface area (Å²) in [5.74, 6) is 0. The summed E-state index contributed by atoms with van der Waals surface area (Å²) < 4.78 is 0. The molecule has 13 heavy (non-hydrogen) atoms. The highest BCUT2D eigenvalue weighted by Gasteiger charge is 2.08. The average molecular weight is 182 g/mol. The van der Waals surface area contributed by atoms with Gasteiger partial charge in [0.15, 0.2) is 0 Å². The van der Waals surface area contributed by atoms with Gasteiger partial charge in [-0.25, -0.2) is 9.98 Å². The molecule has 0 aromatic carbocycles. The van der Waals surface area contributed by atoms with Crippen molar-refractivity contribution in [2.24, 2.45) is 20.8 Å². The van der Waals surface area contributed by atoms with Crippen LogP contribution < -0.4 is 0 Å². The normalized spacial score (nSPS) is 12.2. The molecule has 0 rings (SSSR count). The molecule has 76 valence electrons. The molecule has 0 spiro atoms. The first kappa shape index (κ1) is 12.4. The Kier molecular flexibility index (Phi) is 4.35. The molecular weight excluding hydrogens is 160 g/mol. The average Bonchev–Trinajstić information content (AvgIpc) is 1.81. The van der Waals surface area contributed by atoms with E-state index < -0.39 is 0 Å². The highest BCUT2D eigenvalue weighted by Crippen LogP contribution is 2.13. The van der Waals surface area contributed by atoms with Gasteiger partial charge in [0.1, 0.15) is 0 Å². The summed E-state index contributed by atoms with van der Waals surface area (Å²) in [7, 11) is 0. The second-order valence-electron chi connectivity index (χ2n) is 5.85. The Hall–Kier alpha value is -0.620. The van der Waals surface area contributed by atoms with Crippen molar-refractivity contribution < 1.29 is 0 Å². The Balaban J connectivity index is 3.86. The van der Waals surface area contributed by atoms with Gasteiger partial charge in [-0.3, -0.25) is 0 Å². The molecule has 0 N–H and O–H groups in total. The van der Waals surface area contributed by atoms with E-state index in [2.05, 4.69) is 57.5 Å². The second kappa shape index (κ2) is 4.57. The van der Waals surface area contributed by atoms with Crippen molar-refractivity contribution in [1.82, 2.24) is 0 Å². The summed E-state index contributed by atoms with van der Waals surface area (Å²) in [6.07, 6.45) is 0. The third-order valence-electron chi connectivity index (χ3n) is 1.25. The number of hydrogen-bond donors (Lipinski definition) is 0. The highest BCUT2D eigenvalue weighted by molar-refractivity contribution is 5.41. The molecule has 0 saturated heterocycles. The van der Waals surface area contributed by atoms with Crippen LogP contribution >= 0.6 is 0 Å². The molecule has 0 aromatic rings. The van der Waals surface area contributed by atoms with Crippen molar-refractivity contribution in [1.29, 1.82) is 0 Å². The third-order valence-corrected chi connectivity index (χ3v) is 1.25. The van der Waals surface area contributed by atoms with Gasteiger partial charge in [-0.05, 0) is 10.8 Å². The fourth-order valence-electron chi connectivity index (χ4n) is 0.595. The molecule has 0 aliphatic heterocycles. The molecule has 0 fully saturated rings. The van der Waals surface area contributed by atoms with Crippen molar-refractivity contribution in [2.75, 3.05) is 13.1 Å². The molecule has 0 radical (unpaired) electrons. The van der Waals surface area contributed by atoms with Crippen molar-refractivity contribution in [2.45, 2.75) is 41.5 Å². The van der Waals surface area contributed by atoms with Crippen molar-refractivity contribution >= 4 is 6.01 Å². The fraction of sp³-hybridized carbons (Fsp3) is 0.909. The maximum atomic E-state index is 4.13. The Morgan fingerprint density at radius 1 is 0.769 bits per heavy atom. The number of nitrogens with zero attached hydrogens (tertiary/aromatic N) is 2. The summed E-state index contributed by atoms with van der Waals surface area (Å²) in [5.41, 5.74) is 0.481. The van der Waals surface area contributed by atoms with Crippen LogP contribution in [0, 0.1) is 10.8 Å². The summed E-state index contributed by atoms with van der Waals surface area (Å²) >= 11 is 0. The molecule has 2 heteroatoms. The van der Waals surface area contributed by atoms with E-state index >= 15 is 0 Å². The Morgan fingerprint density at radius 2 is 1.08 bits per heavy atom. The van der Waals surface area contributed by atoms with Crippen LogP contribution in [0.15, 0.2) is 9.98 Å². The van der Waals surface area contributed by atoms with E-state index in [1.165, 1.54) is 0 Å². The third kappa shape index (κ3) is 11.4. The first-order valence-electron chi connectivity index (χ1n) is 4.79. The first-order chi connectivity index (χ1) is 5.71. The van der Waals surface area contributed by atoms with Gasteiger partial charge in [0, 0.05) is 0 Å². The van der Waals surface area contributed by atoms with Crippen LogP contribution in [0.2, 0.25) is 0 Å². The maximum Gasteiger partial charge on any atom is 0.0892 e. The van der Waals surface area contributed by atoms with Crippen LogP contribution in [0.5, 0.6) is 0 Å². The molecule has 0 bridgehead atoms. The van der Waals surface area contributed by atoms with E-state index in [1.807, 2.05) is 0 Å². The second-order valence-corrected chi connectivity index (χ2v) is 5.85. The van der Waals surface area contributed by atoms with Crippen LogP contribution in [-0.4, -0.2) is 19.1 Å². The van der Waals surface area contributed by atoms with Crippen LogP contribution in [0.3, 0.4) is 0 Å². The van der Waals surface area contributed by atoms with Crippen LogP contribution in [0.4, 0.5) is 0 Å². The van der Waals surface area contributed by atoms with E-state index in [9.17, 15) is 0 Å². The molecule has 0 aliphatic rings. The molecule has 0 amide bonds. The Labute approximate surface area is 82.2 Å². The van der Waals surface area contributed by atoms with Crippen LogP contribution in [0.1, 0.15) is 41.5 Å². The molecule has 0 heterocycles. The summed E-state index contributed by atoms with van der Waals surface area (Å²) in [6.45, 7) is 14.5. The topological polar surface area (TPSA) is 24.7 Å². The zero-order valence-corrected chi connectivity index (χ0v) is 9.81. The van der Waals surface area contributed by atoms with Crippen molar-refractivity contribution in [3.05, 3.63) is 0 Å². The molecule has 0 unspecified atom stereocenters. The lowest BCUT2D eigenvalue weighted by Gasteiger charge is -2.13. The lowest BCUT2D eigenvalue weighted by Crippen LogP contribution is -2.10. The van der Waals surface area contributed by atoms with Gasteiger partial charge in [-0.15, -0.1) is 0 Å². The van der Waals surface area contributed by atoms with Gasteiger partial charge in [0.2, 0.25) is 0 Å². The van der Waals surface area contributed by atoms with Crippen LogP contribution in [0.25, 0.3) is 0 Å². The number of rotatable bonds is 2. The van der Waals surface area contributed by atoms with Gasteiger partial charge in [-0.2, -0.15) is 0 Å². The minimum Gasteiger partial charge on any atom is -0.225 e. The predicted molar refractivity (Wildman–Crippen MR) is 58.5 cm³/mol. The standard InChI is InChI=1S/C11H22N2/c1-10(2,3)7-12-9-13-8-11(4,5)6/h7-8H2,1-6H3.